The van der Waals surface area contributed by atoms with Crippen LogP contribution in [0.1, 0.15) is 0 Å². The van der Waals surface area contributed by atoms with Crippen molar-refractivity contribution in [2.75, 3.05) is 13.2 Å². The second-order valence-electron chi connectivity index (χ2n) is 5.53. The third kappa shape index (κ3) is 3.65. The van der Waals surface area contributed by atoms with Gasteiger partial charge in [0, 0.05) is 0 Å². The van der Waals surface area contributed by atoms with Gasteiger partial charge in [0.1, 0.15) is 48.8 Å². The van der Waals surface area contributed by atoms with Crippen molar-refractivity contribution in [2.45, 2.75) is 61.4 Å². The fourth-order valence-corrected chi connectivity index (χ4v) is 2.57. The van der Waals surface area contributed by atoms with Gasteiger partial charge in [0.15, 0.2) is 12.6 Å². The van der Waals surface area contributed by atoms with Crippen molar-refractivity contribution in [1.82, 2.24) is 0 Å². The average molecular weight is 342 g/mol. The van der Waals surface area contributed by atoms with Crippen LogP contribution in [-0.4, -0.2) is 115 Å². The van der Waals surface area contributed by atoms with Crippen LogP contribution in [0.3, 0.4) is 0 Å². The Morgan fingerprint density at radius 1 is 0.652 bits per heavy atom. The maximum Gasteiger partial charge on any atom is 0.187 e. The first kappa shape index (κ1) is 18.9. The fourth-order valence-electron chi connectivity index (χ4n) is 2.57. The lowest BCUT2D eigenvalue weighted by atomic mass is 9.97. The highest BCUT2D eigenvalue weighted by atomic mass is 16.7. The summed E-state index contributed by atoms with van der Waals surface area (Å²) in [4.78, 5) is 0. The van der Waals surface area contributed by atoms with Gasteiger partial charge in [-0.1, -0.05) is 0 Å². The van der Waals surface area contributed by atoms with Gasteiger partial charge in [-0.05, 0) is 0 Å². The summed E-state index contributed by atoms with van der Waals surface area (Å²) in [5.74, 6) is 0. The molecule has 0 unspecified atom stereocenters. The van der Waals surface area contributed by atoms with Crippen LogP contribution in [0.25, 0.3) is 0 Å². The van der Waals surface area contributed by atoms with Gasteiger partial charge >= 0.3 is 0 Å². The highest BCUT2D eigenvalue weighted by molar-refractivity contribution is 4.93. The van der Waals surface area contributed by atoms with Gasteiger partial charge in [0.2, 0.25) is 0 Å². The van der Waals surface area contributed by atoms with E-state index in [0.29, 0.717) is 0 Å². The lowest BCUT2D eigenvalue weighted by Crippen LogP contribution is -2.64. The molecule has 2 rings (SSSR count). The molecule has 2 aliphatic rings. The van der Waals surface area contributed by atoms with Crippen LogP contribution in [0, 0.1) is 0 Å². The quantitative estimate of drug-likeness (QED) is 0.243. The highest BCUT2D eigenvalue weighted by Gasteiger charge is 2.50. The number of aliphatic hydroxyl groups is 8. The van der Waals surface area contributed by atoms with Gasteiger partial charge in [0.25, 0.3) is 0 Å². The Kier molecular flexibility index (Phi) is 6.27. The van der Waals surface area contributed by atoms with E-state index in [2.05, 4.69) is 0 Å². The van der Waals surface area contributed by atoms with E-state index in [9.17, 15) is 35.7 Å². The summed E-state index contributed by atoms with van der Waals surface area (Å²) < 4.78 is 15.3. The van der Waals surface area contributed by atoms with Crippen molar-refractivity contribution >= 4 is 0 Å². The van der Waals surface area contributed by atoms with Gasteiger partial charge in [-0.3, -0.25) is 0 Å². The van der Waals surface area contributed by atoms with Crippen LogP contribution in [0.15, 0.2) is 0 Å². The van der Waals surface area contributed by atoms with E-state index in [1.165, 1.54) is 0 Å². The minimum Gasteiger partial charge on any atom is -0.394 e. The van der Waals surface area contributed by atoms with Crippen molar-refractivity contribution in [1.29, 1.82) is 0 Å². The standard InChI is InChI=1S/C12H22O11/c13-1-3-5(15)6(16)9(19)12(22-3)23-10-4(2-14)21-11(20)8(18)7(10)17/h3-20H,1-2H2/t3-,4+,5+,6-,7+,8-,9-,10-,11+,12-/m0/s1. The molecule has 11 nitrogen and oxygen atoms in total. The monoisotopic (exact) mass is 342 g/mol. The van der Waals surface area contributed by atoms with Gasteiger partial charge in [-0.25, -0.2) is 0 Å². The predicted octanol–water partition coefficient (Wildman–Crippen LogP) is -5.40. The van der Waals surface area contributed by atoms with Gasteiger partial charge < -0.3 is 55.1 Å². The SMILES string of the molecule is OC[C@@H]1O[C@@H](O[C@@H]2[C@H](O)[C@H](O)[C@H](O)O[C@@H]2CO)[C@@H](O)[C@@H](O)[C@@H]1O. The fraction of sp³-hybridized carbons (Fsp3) is 1.00. The molecule has 0 spiro atoms. The highest BCUT2D eigenvalue weighted by Crippen LogP contribution is 2.28. The predicted molar refractivity (Wildman–Crippen MR) is 68.6 cm³/mol. The molecule has 0 aromatic heterocycles. The molecule has 0 aromatic rings. The summed E-state index contributed by atoms with van der Waals surface area (Å²) in [5.41, 5.74) is 0. The molecule has 10 atom stereocenters. The molecule has 11 heteroatoms. The first-order chi connectivity index (χ1) is 10.8. The van der Waals surface area contributed by atoms with Crippen LogP contribution in [-0.2, 0) is 14.2 Å². The number of hydrogen-bond donors (Lipinski definition) is 8. The topological polar surface area (TPSA) is 190 Å². The molecule has 2 fully saturated rings. The number of aliphatic hydroxyl groups excluding tert-OH is 8. The Morgan fingerprint density at radius 2 is 1.26 bits per heavy atom. The molecular formula is C12H22O11. The number of hydrogen-bond acceptors (Lipinski definition) is 11. The molecule has 0 aromatic carbocycles. The second-order valence-corrected chi connectivity index (χ2v) is 5.53. The number of rotatable bonds is 4. The lowest BCUT2D eigenvalue weighted by molar-refractivity contribution is -0.355. The third-order valence-corrected chi connectivity index (χ3v) is 3.98. The molecule has 2 saturated heterocycles. The zero-order valence-electron chi connectivity index (χ0n) is 12.0. The summed E-state index contributed by atoms with van der Waals surface area (Å²) in [6.07, 6.45) is -15.6. The Labute approximate surface area is 130 Å². The molecule has 2 heterocycles. The Bertz CT molecular complexity index is 378. The molecule has 2 aliphatic heterocycles. The van der Waals surface area contributed by atoms with Crippen LogP contribution in [0.2, 0.25) is 0 Å². The molecule has 23 heavy (non-hydrogen) atoms. The van der Waals surface area contributed by atoms with Gasteiger partial charge in [-0.15, -0.1) is 0 Å². The maximum absolute atomic E-state index is 9.94. The molecular weight excluding hydrogens is 320 g/mol. The van der Waals surface area contributed by atoms with Gasteiger partial charge in [0.05, 0.1) is 13.2 Å². The Morgan fingerprint density at radius 3 is 1.83 bits per heavy atom. The maximum atomic E-state index is 9.94. The van der Waals surface area contributed by atoms with Crippen molar-refractivity contribution in [3.8, 4) is 0 Å². The van der Waals surface area contributed by atoms with E-state index in [1.54, 1.807) is 0 Å². The average Bonchev–Trinajstić information content (AvgIpc) is 2.55. The van der Waals surface area contributed by atoms with Crippen LogP contribution in [0.5, 0.6) is 0 Å². The van der Waals surface area contributed by atoms with Crippen LogP contribution in [0.4, 0.5) is 0 Å². The molecule has 0 aliphatic carbocycles. The molecule has 0 amide bonds. The summed E-state index contributed by atoms with van der Waals surface area (Å²) in [5, 5.41) is 76.5. The van der Waals surface area contributed by atoms with E-state index < -0.39 is 74.6 Å². The minimum atomic E-state index is -1.74. The summed E-state index contributed by atoms with van der Waals surface area (Å²) in [6.45, 7) is -1.35. The zero-order chi connectivity index (χ0) is 17.3. The van der Waals surface area contributed by atoms with E-state index in [1.807, 2.05) is 0 Å². The smallest absolute Gasteiger partial charge is 0.187 e. The van der Waals surface area contributed by atoms with E-state index in [-0.39, 0.29) is 0 Å². The van der Waals surface area contributed by atoms with Crippen LogP contribution < -0.4 is 0 Å². The van der Waals surface area contributed by atoms with Crippen molar-refractivity contribution in [3.63, 3.8) is 0 Å². The lowest BCUT2D eigenvalue weighted by Gasteiger charge is -2.45. The Hall–Kier alpha value is -0.440. The molecule has 0 radical (unpaired) electrons. The normalized spacial score (nSPS) is 51.7. The molecule has 0 bridgehead atoms. The van der Waals surface area contributed by atoms with Crippen molar-refractivity contribution in [3.05, 3.63) is 0 Å². The summed E-state index contributed by atoms with van der Waals surface area (Å²) in [7, 11) is 0. The first-order valence-electron chi connectivity index (χ1n) is 7.08. The second kappa shape index (κ2) is 7.63. The zero-order valence-corrected chi connectivity index (χ0v) is 12.0. The van der Waals surface area contributed by atoms with Crippen molar-refractivity contribution in [2.24, 2.45) is 0 Å². The minimum absolute atomic E-state index is 0.667. The molecule has 8 N–H and O–H groups in total. The van der Waals surface area contributed by atoms with Crippen LogP contribution >= 0.6 is 0 Å². The first-order valence-corrected chi connectivity index (χ1v) is 7.08. The third-order valence-electron chi connectivity index (χ3n) is 3.98. The van der Waals surface area contributed by atoms with E-state index in [0.717, 1.165) is 0 Å². The number of ether oxygens (including phenoxy) is 3. The molecule has 136 valence electrons. The Balaban J connectivity index is 2.11. The van der Waals surface area contributed by atoms with E-state index >= 15 is 0 Å². The summed E-state index contributed by atoms with van der Waals surface area (Å²) in [6, 6.07) is 0. The van der Waals surface area contributed by atoms with Crippen molar-refractivity contribution < 1.29 is 55.1 Å². The molecule has 0 saturated carbocycles. The van der Waals surface area contributed by atoms with Gasteiger partial charge in [-0.2, -0.15) is 0 Å². The summed E-state index contributed by atoms with van der Waals surface area (Å²) >= 11 is 0. The van der Waals surface area contributed by atoms with E-state index in [4.69, 9.17) is 19.3 Å². The largest absolute Gasteiger partial charge is 0.394 e.